The van der Waals surface area contributed by atoms with Crippen molar-refractivity contribution < 1.29 is 14.3 Å². The molecule has 1 saturated carbocycles. The Kier molecular flexibility index (Phi) is 11.8. The number of carbonyl (C=O) groups is 1. The number of hydrogen-bond donors (Lipinski definition) is 3. The molecule has 7 nitrogen and oxygen atoms in total. The van der Waals surface area contributed by atoms with Gasteiger partial charge in [0.25, 0.3) is 5.91 Å². The Balaban J connectivity index is 0.00000364. The van der Waals surface area contributed by atoms with Crippen molar-refractivity contribution in [2.75, 3.05) is 40.0 Å². The first kappa shape index (κ1) is 23.5. The third-order valence-electron chi connectivity index (χ3n) is 4.04. The molecule has 0 heterocycles. The molecule has 152 valence electrons. The molecule has 2 rings (SSSR count). The molecule has 0 saturated heterocycles. The fourth-order valence-electron chi connectivity index (χ4n) is 2.37. The number of nitrogens with one attached hydrogen (secondary N) is 2. The number of halogens is 1. The van der Waals surface area contributed by atoms with Crippen molar-refractivity contribution in [3.8, 4) is 5.75 Å². The molecule has 0 aliphatic heterocycles. The van der Waals surface area contributed by atoms with Gasteiger partial charge >= 0.3 is 0 Å². The highest BCUT2D eigenvalue weighted by atomic mass is 127. The molecular formula is C19H31IN4O3. The molecule has 1 aliphatic rings. The van der Waals surface area contributed by atoms with Gasteiger partial charge in [-0.15, -0.1) is 24.0 Å². The summed E-state index contributed by atoms with van der Waals surface area (Å²) in [5.41, 5.74) is 6.23. The third-order valence-corrected chi connectivity index (χ3v) is 4.04. The molecule has 0 unspecified atom stereocenters. The van der Waals surface area contributed by atoms with Gasteiger partial charge in [0.15, 0.2) is 12.6 Å². The molecule has 0 aromatic heterocycles. The maximum atomic E-state index is 10.7. The van der Waals surface area contributed by atoms with Crippen molar-refractivity contribution in [2.24, 2.45) is 16.6 Å². The lowest BCUT2D eigenvalue weighted by Crippen LogP contribution is -2.39. The smallest absolute Gasteiger partial charge is 0.255 e. The summed E-state index contributed by atoms with van der Waals surface area (Å²) >= 11 is 0. The minimum absolute atomic E-state index is 0. The van der Waals surface area contributed by atoms with Gasteiger partial charge in [0, 0.05) is 33.4 Å². The standard InChI is InChI=1S/C19H30N4O3.HI/c1-21-19(22-10-2-12-25-13-16-3-4-16)23-11-9-15-5-7-17(8-6-15)26-14-18(20)24;/h5-8,16H,2-4,9-14H2,1H3,(H2,20,24)(H2,21,22,23);1H. The second-order valence-corrected chi connectivity index (χ2v) is 6.45. The normalized spacial score (nSPS) is 13.6. The fraction of sp³-hybridized carbons (Fsp3) is 0.579. The Bertz CT molecular complexity index is 577. The summed E-state index contributed by atoms with van der Waals surface area (Å²) in [6.45, 7) is 3.23. The number of amides is 1. The summed E-state index contributed by atoms with van der Waals surface area (Å²) in [5, 5.41) is 6.59. The molecule has 1 aliphatic carbocycles. The van der Waals surface area contributed by atoms with Crippen molar-refractivity contribution in [3.05, 3.63) is 29.8 Å². The number of carbonyl (C=O) groups excluding carboxylic acids is 1. The number of hydrogen-bond acceptors (Lipinski definition) is 4. The molecule has 0 radical (unpaired) electrons. The predicted octanol–water partition coefficient (Wildman–Crippen LogP) is 1.69. The van der Waals surface area contributed by atoms with Gasteiger partial charge in [-0.3, -0.25) is 9.79 Å². The summed E-state index contributed by atoms with van der Waals surface area (Å²) in [7, 11) is 1.77. The van der Waals surface area contributed by atoms with Crippen LogP contribution in [0.25, 0.3) is 0 Å². The molecule has 4 N–H and O–H groups in total. The van der Waals surface area contributed by atoms with Crippen LogP contribution in [-0.2, 0) is 16.0 Å². The van der Waals surface area contributed by atoms with Crippen LogP contribution in [0.2, 0.25) is 0 Å². The highest BCUT2D eigenvalue weighted by Gasteiger charge is 2.20. The van der Waals surface area contributed by atoms with Gasteiger partial charge < -0.3 is 25.8 Å². The van der Waals surface area contributed by atoms with Crippen LogP contribution in [0, 0.1) is 5.92 Å². The van der Waals surface area contributed by atoms with E-state index in [9.17, 15) is 4.79 Å². The van der Waals surface area contributed by atoms with Crippen LogP contribution in [0.4, 0.5) is 0 Å². The average molecular weight is 490 g/mol. The number of nitrogens with zero attached hydrogens (tertiary/aromatic N) is 1. The molecule has 0 bridgehead atoms. The minimum Gasteiger partial charge on any atom is -0.484 e. The van der Waals surface area contributed by atoms with Crippen molar-refractivity contribution in [1.82, 2.24) is 10.6 Å². The van der Waals surface area contributed by atoms with Gasteiger partial charge in [-0.05, 0) is 49.3 Å². The molecule has 8 heteroatoms. The van der Waals surface area contributed by atoms with E-state index in [1.54, 1.807) is 7.05 Å². The highest BCUT2D eigenvalue weighted by Crippen LogP contribution is 2.28. The number of nitrogens with two attached hydrogens (primary N) is 1. The molecule has 0 spiro atoms. The molecule has 0 atom stereocenters. The average Bonchev–Trinajstić information content (AvgIpc) is 3.46. The Labute approximate surface area is 178 Å². The van der Waals surface area contributed by atoms with E-state index in [0.29, 0.717) is 5.75 Å². The van der Waals surface area contributed by atoms with Crippen LogP contribution in [0.3, 0.4) is 0 Å². The Morgan fingerprint density at radius 3 is 2.56 bits per heavy atom. The number of aliphatic imine (C=N–C) groups is 1. The summed E-state index contributed by atoms with van der Waals surface area (Å²) in [6.07, 6.45) is 4.50. The van der Waals surface area contributed by atoms with E-state index < -0.39 is 5.91 Å². The lowest BCUT2D eigenvalue weighted by molar-refractivity contribution is -0.119. The quantitative estimate of drug-likeness (QED) is 0.179. The highest BCUT2D eigenvalue weighted by molar-refractivity contribution is 14.0. The van der Waals surface area contributed by atoms with E-state index in [1.165, 1.54) is 18.4 Å². The number of ether oxygens (including phenoxy) is 2. The van der Waals surface area contributed by atoms with Gasteiger partial charge in [0.1, 0.15) is 5.75 Å². The number of rotatable bonds is 12. The molecule has 1 aromatic rings. The van der Waals surface area contributed by atoms with Crippen molar-refractivity contribution in [2.45, 2.75) is 25.7 Å². The van der Waals surface area contributed by atoms with Crippen LogP contribution in [0.1, 0.15) is 24.8 Å². The van der Waals surface area contributed by atoms with Crippen LogP contribution < -0.4 is 21.1 Å². The Hall–Kier alpha value is -1.55. The summed E-state index contributed by atoms with van der Waals surface area (Å²) < 4.78 is 10.9. The van der Waals surface area contributed by atoms with Gasteiger partial charge in [-0.1, -0.05) is 12.1 Å². The van der Waals surface area contributed by atoms with E-state index in [4.69, 9.17) is 15.2 Å². The van der Waals surface area contributed by atoms with Gasteiger partial charge in [0.2, 0.25) is 0 Å². The SMILES string of the molecule is CN=C(NCCCOCC1CC1)NCCc1ccc(OCC(N)=O)cc1.I. The predicted molar refractivity (Wildman–Crippen MR) is 118 cm³/mol. The van der Waals surface area contributed by atoms with E-state index in [2.05, 4.69) is 15.6 Å². The summed E-state index contributed by atoms with van der Waals surface area (Å²) in [5.74, 6) is 1.78. The van der Waals surface area contributed by atoms with Crippen LogP contribution in [0.15, 0.2) is 29.3 Å². The van der Waals surface area contributed by atoms with Crippen LogP contribution in [-0.4, -0.2) is 51.8 Å². The molecule has 1 aromatic carbocycles. The zero-order valence-corrected chi connectivity index (χ0v) is 18.2. The fourth-order valence-corrected chi connectivity index (χ4v) is 2.37. The van der Waals surface area contributed by atoms with Gasteiger partial charge in [0.05, 0.1) is 0 Å². The molecular weight excluding hydrogens is 459 g/mol. The first-order valence-corrected chi connectivity index (χ1v) is 9.19. The number of guanidine groups is 1. The lowest BCUT2D eigenvalue weighted by Gasteiger charge is -2.12. The van der Waals surface area contributed by atoms with Gasteiger partial charge in [-0.25, -0.2) is 0 Å². The monoisotopic (exact) mass is 490 g/mol. The number of benzene rings is 1. The second kappa shape index (κ2) is 13.6. The van der Waals surface area contributed by atoms with Crippen molar-refractivity contribution in [1.29, 1.82) is 0 Å². The summed E-state index contributed by atoms with van der Waals surface area (Å²) in [6, 6.07) is 7.64. The zero-order valence-electron chi connectivity index (χ0n) is 15.9. The maximum Gasteiger partial charge on any atom is 0.255 e. The van der Waals surface area contributed by atoms with Crippen LogP contribution in [0.5, 0.6) is 5.75 Å². The molecule has 1 fully saturated rings. The van der Waals surface area contributed by atoms with E-state index in [-0.39, 0.29) is 30.6 Å². The second-order valence-electron chi connectivity index (χ2n) is 6.45. The summed E-state index contributed by atoms with van der Waals surface area (Å²) in [4.78, 5) is 14.9. The molecule has 1 amide bonds. The largest absolute Gasteiger partial charge is 0.484 e. The van der Waals surface area contributed by atoms with Crippen molar-refractivity contribution >= 4 is 35.8 Å². The van der Waals surface area contributed by atoms with Crippen molar-refractivity contribution in [3.63, 3.8) is 0 Å². The topological polar surface area (TPSA) is 98.0 Å². The minimum atomic E-state index is -0.480. The van der Waals surface area contributed by atoms with Crippen LogP contribution >= 0.6 is 24.0 Å². The molecule has 27 heavy (non-hydrogen) atoms. The zero-order chi connectivity index (χ0) is 18.6. The third kappa shape index (κ3) is 11.0. The maximum absolute atomic E-state index is 10.7. The van der Waals surface area contributed by atoms with E-state index in [0.717, 1.165) is 51.0 Å². The first-order valence-electron chi connectivity index (χ1n) is 9.19. The number of primary amides is 1. The lowest BCUT2D eigenvalue weighted by atomic mass is 10.1. The van der Waals surface area contributed by atoms with E-state index >= 15 is 0 Å². The first-order chi connectivity index (χ1) is 12.7. The Morgan fingerprint density at radius 1 is 1.22 bits per heavy atom. The van der Waals surface area contributed by atoms with Gasteiger partial charge in [-0.2, -0.15) is 0 Å². The van der Waals surface area contributed by atoms with E-state index in [1.807, 2.05) is 24.3 Å². The Morgan fingerprint density at radius 2 is 1.93 bits per heavy atom.